The van der Waals surface area contributed by atoms with Crippen molar-refractivity contribution < 1.29 is 14.5 Å². The van der Waals surface area contributed by atoms with E-state index in [1.165, 1.54) is 37.1 Å². The molecule has 9 nitrogen and oxygen atoms in total. The number of benzene rings is 2. The van der Waals surface area contributed by atoms with E-state index in [1.807, 2.05) is 35.9 Å². The zero-order valence-corrected chi connectivity index (χ0v) is 17.9. The van der Waals surface area contributed by atoms with Crippen molar-refractivity contribution in [2.24, 2.45) is 7.05 Å². The van der Waals surface area contributed by atoms with Crippen molar-refractivity contribution in [2.75, 3.05) is 18.2 Å². The molecule has 2 aromatic carbocycles. The molecular weight excluding hydrogens is 462 g/mol. The summed E-state index contributed by atoms with van der Waals surface area (Å²) in [5, 5.41) is 22.5. The second-order valence-electron chi connectivity index (χ2n) is 5.82. The highest BCUT2D eigenvalue weighted by Gasteiger charge is 2.16. The van der Waals surface area contributed by atoms with Crippen molar-refractivity contribution in [1.29, 1.82) is 0 Å². The molecule has 0 aliphatic heterocycles. The van der Waals surface area contributed by atoms with Crippen LogP contribution in [0.4, 0.5) is 11.4 Å². The van der Waals surface area contributed by atoms with Gasteiger partial charge in [0.15, 0.2) is 11.0 Å². The van der Waals surface area contributed by atoms with Crippen LogP contribution in [0, 0.1) is 10.1 Å². The number of amides is 1. The summed E-state index contributed by atoms with van der Waals surface area (Å²) in [6, 6.07) is 11.7. The van der Waals surface area contributed by atoms with Gasteiger partial charge in [-0.25, -0.2) is 0 Å². The number of carbonyl (C=O) groups excluding carboxylic acids is 1. The van der Waals surface area contributed by atoms with E-state index in [1.54, 1.807) is 0 Å². The molecule has 1 N–H and O–H groups in total. The Kier molecular flexibility index (Phi) is 6.49. The predicted molar refractivity (Wildman–Crippen MR) is 113 cm³/mol. The van der Waals surface area contributed by atoms with Crippen LogP contribution in [-0.2, 0) is 11.8 Å². The number of nitrogens with one attached hydrogen (secondary N) is 1. The van der Waals surface area contributed by atoms with Gasteiger partial charge >= 0.3 is 0 Å². The molecule has 1 aromatic heterocycles. The summed E-state index contributed by atoms with van der Waals surface area (Å²) >= 11 is 4.73. The van der Waals surface area contributed by atoms with E-state index in [4.69, 9.17) is 4.74 Å². The van der Waals surface area contributed by atoms with Gasteiger partial charge in [0.2, 0.25) is 5.91 Å². The number of methoxy groups -OCH3 is 1. The molecule has 0 aliphatic rings. The minimum Gasteiger partial charge on any atom is -0.494 e. The summed E-state index contributed by atoms with van der Waals surface area (Å²) in [5.41, 5.74) is 1.14. The van der Waals surface area contributed by atoms with Gasteiger partial charge in [0, 0.05) is 23.2 Å². The molecule has 3 aromatic rings. The van der Waals surface area contributed by atoms with Crippen LogP contribution in [0.25, 0.3) is 11.4 Å². The average molecular weight is 478 g/mol. The van der Waals surface area contributed by atoms with Crippen molar-refractivity contribution in [3.63, 3.8) is 0 Å². The molecule has 0 saturated heterocycles. The summed E-state index contributed by atoms with van der Waals surface area (Å²) in [5.74, 6) is 0.680. The van der Waals surface area contributed by atoms with Crippen LogP contribution in [0.1, 0.15) is 0 Å². The number of rotatable bonds is 7. The number of hydrogen-bond donors (Lipinski definition) is 1. The van der Waals surface area contributed by atoms with Crippen molar-refractivity contribution >= 4 is 45.0 Å². The molecule has 150 valence electrons. The zero-order chi connectivity index (χ0) is 21.0. The maximum atomic E-state index is 12.3. The summed E-state index contributed by atoms with van der Waals surface area (Å²) in [7, 11) is 3.21. The van der Waals surface area contributed by atoms with Gasteiger partial charge in [0.05, 0.1) is 29.5 Å². The first-order valence-electron chi connectivity index (χ1n) is 8.30. The third-order valence-electron chi connectivity index (χ3n) is 3.95. The van der Waals surface area contributed by atoms with Crippen LogP contribution in [0.5, 0.6) is 5.75 Å². The van der Waals surface area contributed by atoms with E-state index in [9.17, 15) is 14.9 Å². The van der Waals surface area contributed by atoms with E-state index in [-0.39, 0.29) is 23.1 Å². The van der Waals surface area contributed by atoms with E-state index >= 15 is 0 Å². The Balaban J connectivity index is 1.68. The number of non-ortho nitro benzene ring substituents is 1. The lowest BCUT2D eigenvalue weighted by molar-refractivity contribution is -0.384. The first-order valence-corrected chi connectivity index (χ1v) is 10.1. The Bertz CT molecular complexity index is 1070. The van der Waals surface area contributed by atoms with Gasteiger partial charge in [0.25, 0.3) is 5.69 Å². The fourth-order valence-electron chi connectivity index (χ4n) is 2.53. The Morgan fingerprint density at radius 3 is 2.76 bits per heavy atom. The molecule has 0 spiro atoms. The standard InChI is InChI=1S/C18H16BrN5O4S/c1-23-17(12-5-3-4-6-13(12)19)21-22-18(23)29-10-16(25)20-14-8-7-11(24(26)27)9-15(14)28-2/h3-9H,10H2,1-2H3,(H,20,25). The fourth-order valence-corrected chi connectivity index (χ4v) is 3.70. The van der Waals surface area contributed by atoms with Gasteiger partial charge < -0.3 is 14.6 Å². The minimum atomic E-state index is -0.527. The number of ether oxygens (including phenoxy) is 1. The SMILES string of the molecule is COc1cc([N+](=O)[O-])ccc1NC(=O)CSc1nnc(-c2ccccc2Br)n1C. The largest absolute Gasteiger partial charge is 0.494 e. The molecule has 3 rings (SSSR count). The van der Waals surface area contributed by atoms with Gasteiger partial charge in [-0.05, 0) is 12.1 Å². The van der Waals surface area contributed by atoms with Crippen LogP contribution < -0.4 is 10.1 Å². The molecule has 1 amide bonds. The highest BCUT2D eigenvalue weighted by atomic mass is 79.9. The lowest BCUT2D eigenvalue weighted by Crippen LogP contribution is -2.15. The van der Waals surface area contributed by atoms with Crippen LogP contribution in [0.2, 0.25) is 0 Å². The topological polar surface area (TPSA) is 112 Å². The number of hydrogen-bond acceptors (Lipinski definition) is 7. The van der Waals surface area contributed by atoms with Crippen molar-refractivity contribution in [2.45, 2.75) is 5.16 Å². The molecule has 0 atom stereocenters. The number of nitrogens with zero attached hydrogens (tertiary/aromatic N) is 4. The second-order valence-corrected chi connectivity index (χ2v) is 7.62. The Morgan fingerprint density at radius 2 is 2.07 bits per heavy atom. The normalized spacial score (nSPS) is 10.6. The van der Waals surface area contributed by atoms with Crippen LogP contribution in [-0.4, -0.2) is 38.5 Å². The molecule has 0 bridgehead atoms. The number of nitro benzene ring substituents is 1. The fraction of sp³-hybridized carbons (Fsp3) is 0.167. The third-order valence-corrected chi connectivity index (χ3v) is 5.66. The van der Waals surface area contributed by atoms with Crippen LogP contribution >= 0.6 is 27.7 Å². The third kappa shape index (κ3) is 4.74. The highest BCUT2D eigenvalue weighted by Crippen LogP contribution is 2.30. The summed E-state index contributed by atoms with van der Waals surface area (Å²) in [6.45, 7) is 0. The quantitative estimate of drug-likeness (QED) is 0.312. The molecule has 0 saturated carbocycles. The number of carbonyl (C=O) groups is 1. The molecule has 11 heteroatoms. The zero-order valence-electron chi connectivity index (χ0n) is 15.5. The Hall–Kier alpha value is -2.92. The van der Waals surface area contributed by atoms with E-state index in [0.717, 1.165) is 10.0 Å². The van der Waals surface area contributed by atoms with Gasteiger partial charge in [-0.15, -0.1) is 10.2 Å². The van der Waals surface area contributed by atoms with Gasteiger partial charge in [-0.2, -0.15) is 0 Å². The summed E-state index contributed by atoms with van der Waals surface area (Å²) < 4.78 is 7.83. The van der Waals surface area contributed by atoms with Gasteiger partial charge in [0.1, 0.15) is 5.75 Å². The maximum Gasteiger partial charge on any atom is 0.273 e. The van der Waals surface area contributed by atoms with Crippen molar-refractivity contribution in [1.82, 2.24) is 14.8 Å². The lowest BCUT2D eigenvalue weighted by atomic mass is 10.2. The Labute approximate surface area is 178 Å². The number of nitro groups is 1. The molecular formula is C18H16BrN5O4S. The van der Waals surface area contributed by atoms with Crippen LogP contribution in [0.15, 0.2) is 52.1 Å². The van der Waals surface area contributed by atoms with Crippen molar-refractivity contribution in [3.8, 4) is 17.1 Å². The van der Waals surface area contributed by atoms with Crippen LogP contribution in [0.3, 0.4) is 0 Å². The summed E-state index contributed by atoms with van der Waals surface area (Å²) in [6.07, 6.45) is 0. The van der Waals surface area contributed by atoms with E-state index < -0.39 is 4.92 Å². The Morgan fingerprint density at radius 1 is 1.31 bits per heavy atom. The number of aromatic nitrogens is 3. The second kappa shape index (κ2) is 9.05. The maximum absolute atomic E-state index is 12.3. The molecule has 29 heavy (non-hydrogen) atoms. The van der Waals surface area contributed by atoms with E-state index in [2.05, 4.69) is 31.4 Å². The van der Waals surface area contributed by atoms with Gasteiger partial charge in [-0.1, -0.05) is 45.9 Å². The molecule has 0 unspecified atom stereocenters. The number of halogens is 1. The lowest BCUT2D eigenvalue weighted by Gasteiger charge is -2.10. The monoisotopic (exact) mass is 477 g/mol. The number of thioether (sulfide) groups is 1. The molecule has 0 aliphatic carbocycles. The smallest absolute Gasteiger partial charge is 0.273 e. The van der Waals surface area contributed by atoms with Crippen molar-refractivity contribution in [3.05, 3.63) is 57.1 Å². The van der Waals surface area contributed by atoms with E-state index in [0.29, 0.717) is 16.7 Å². The minimum absolute atomic E-state index is 0.0854. The first kappa shape index (κ1) is 20.8. The molecule has 0 fully saturated rings. The highest BCUT2D eigenvalue weighted by molar-refractivity contribution is 9.10. The average Bonchev–Trinajstić information content (AvgIpc) is 3.07. The van der Waals surface area contributed by atoms with Gasteiger partial charge in [-0.3, -0.25) is 14.9 Å². The number of anilines is 1. The molecule has 1 heterocycles. The first-order chi connectivity index (χ1) is 13.9. The molecule has 0 radical (unpaired) electrons. The predicted octanol–water partition coefficient (Wildman–Crippen LogP) is 3.89. The summed E-state index contributed by atoms with van der Waals surface area (Å²) in [4.78, 5) is 22.7.